The average molecular weight is 468 g/mol. The molecule has 1 aliphatic rings. The van der Waals surface area contributed by atoms with E-state index in [2.05, 4.69) is 17.0 Å². The molecule has 0 atom stereocenters. The molecule has 0 spiro atoms. The minimum Gasteiger partial charge on any atom is -0.381 e. The van der Waals surface area contributed by atoms with E-state index in [4.69, 9.17) is 4.98 Å². The molecule has 34 heavy (non-hydrogen) atoms. The molecule has 1 saturated carbocycles. The first-order valence-corrected chi connectivity index (χ1v) is 11.6. The highest BCUT2D eigenvalue weighted by atomic mass is 19.3. The van der Waals surface area contributed by atoms with Crippen molar-refractivity contribution >= 4 is 5.65 Å². The fraction of sp³-hybridized carbons (Fsp3) is 0.423. The van der Waals surface area contributed by atoms with Crippen LogP contribution in [0.5, 0.6) is 0 Å². The predicted molar refractivity (Wildman–Crippen MR) is 130 cm³/mol. The van der Waals surface area contributed by atoms with Crippen molar-refractivity contribution in [2.75, 3.05) is 0 Å². The second kappa shape index (κ2) is 9.16. The van der Waals surface area contributed by atoms with Crippen LogP contribution < -0.4 is 10.9 Å². The Morgan fingerprint density at radius 1 is 1.32 bits per heavy atom. The molecule has 1 aliphatic carbocycles. The first-order chi connectivity index (χ1) is 16.1. The Labute approximate surface area is 198 Å². The maximum Gasteiger partial charge on any atom is 0.271 e. The van der Waals surface area contributed by atoms with Gasteiger partial charge in [0.05, 0.1) is 17.9 Å². The van der Waals surface area contributed by atoms with Crippen molar-refractivity contribution in [2.24, 2.45) is 0 Å². The molecule has 0 bridgehead atoms. The standard InChI is InChI=1S/C26H31F2N5O/c1-6-22(16(2)3)29-12-18-11-20(26(5,27)28)15-32-24(18)31-23(17(4)25(32)34)19-13-30-33(14-19)21-9-7-8-10-21/h6,11,13-15,21,29H,2,7-10,12H2,1,3-5H3/b22-6+. The van der Waals surface area contributed by atoms with Crippen molar-refractivity contribution in [3.05, 3.63) is 75.6 Å². The first kappa shape index (κ1) is 23.9. The topological polar surface area (TPSA) is 64.2 Å². The Balaban J connectivity index is 1.86. The highest BCUT2D eigenvalue weighted by Gasteiger charge is 2.27. The van der Waals surface area contributed by atoms with E-state index in [1.807, 2.05) is 30.8 Å². The van der Waals surface area contributed by atoms with Crippen LogP contribution in [0.25, 0.3) is 16.9 Å². The third-order valence-corrected chi connectivity index (χ3v) is 6.52. The molecule has 3 aromatic rings. The normalized spacial score (nSPS) is 15.3. The number of rotatable bonds is 7. The van der Waals surface area contributed by atoms with E-state index in [1.165, 1.54) is 29.5 Å². The number of fused-ring (bicyclic) bond motifs is 1. The summed E-state index contributed by atoms with van der Waals surface area (Å²) in [6.45, 7) is 10.4. The number of nitrogens with one attached hydrogen (secondary N) is 1. The van der Waals surface area contributed by atoms with Crippen LogP contribution in [0.3, 0.4) is 0 Å². The fourth-order valence-corrected chi connectivity index (χ4v) is 4.57. The van der Waals surface area contributed by atoms with Gasteiger partial charge in [0.25, 0.3) is 11.5 Å². The summed E-state index contributed by atoms with van der Waals surface area (Å²) in [7, 11) is 0. The summed E-state index contributed by atoms with van der Waals surface area (Å²) in [5.74, 6) is -3.10. The van der Waals surface area contributed by atoms with Crippen LogP contribution in [0.1, 0.15) is 69.2 Å². The van der Waals surface area contributed by atoms with Crippen LogP contribution in [0.15, 0.2) is 53.4 Å². The molecule has 0 aromatic carbocycles. The summed E-state index contributed by atoms with van der Waals surface area (Å²) in [6.07, 6.45) is 11.3. The predicted octanol–water partition coefficient (Wildman–Crippen LogP) is 5.66. The van der Waals surface area contributed by atoms with Gasteiger partial charge in [-0.2, -0.15) is 5.10 Å². The van der Waals surface area contributed by atoms with E-state index in [-0.39, 0.29) is 17.7 Å². The highest BCUT2D eigenvalue weighted by molar-refractivity contribution is 5.65. The zero-order valence-corrected chi connectivity index (χ0v) is 20.2. The smallest absolute Gasteiger partial charge is 0.271 e. The lowest BCUT2D eigenvalue weighted by molar-refractivity contribution is 0.0169. The third kappa shape index (κ3) is 4.54. The van der Waals surface area contributed by atoms with Crippen LogP contribution in [-0.4, -0.2) is 19.2 Å². The molecule has 1 fully saturated rings. The molecule has 0 amide bonds. The van der Waals surface area contributed by atoms with E-state index in [1.54, 1.807) is 13.1 Å². The molecule has 8 heteroatoms. The molecule has 180 valence electrons. The Morgan fingerprint density at radius 3 is 2.65 bits per heavy atom. The molecule has 0 aliphatic heterocycles. The third-order valence-electron chi connectivity index (χ3n) is 6.52. The Kier molecular flexibility index (Phi) is 6.43. The second-order valence-corrected chi connectivity index (χ2v) is 9.21. The lowest BCUT2D eigenvalue weighted by atomic mass is 10.1. The SMILES string of the molecule is C=C(C)/C(=C\C)NCc1cc(C(C)(F)F)cn2c(=O)c(C)c(-c3cnn(C4CCCC4)c3)nc12. The zero-order valence-electron chi connectivity index (χ0n) is 20.2. The fourth-order valence-electron chi connectivity index (χ4n) is 4.57. The molecule has 1 N–H and O–H groups in total. The summed E-state index contributed by atoms with van der Waals surface area (Å²) in [5.41, 5.74) is 3.55. The number of aromatic nitrogens is 4. The second-order valence-electron chi connectivity index (χ2n) is 9.21. The van der Waals surface area contributed by atoms with Crippen LogP contribution in [0.4, 0.5) is 8.78 Å². The van der Waals surface area contributed by atoms with Gasteiger partial charge in [0, 0.05) is 53.8 Å². The van der Waals surface area contributed by atoms with Gasteiger partial charge in [0.2, 0.25) is 0 Å². The number of hydrogen-bond acceptors (Lipinski definition) is 4. The van der Waals surface area contributed by atoms with Gasteiger partial charge in [0.15, 0.2) is 0 Å². The van der Waals surface area contributed by atoms with Gasteiger partial charge in [0.1, 0.15) is 5.65 Å². The van der Waals surface area contributed by atoms with Crippen LogP contribution in [-0.2, 0) is 12.5 Å². The van der Waals surface area contributed by atoms with Gasteiger partial charge in [-0.3, -0.25) is 13.9 Å². The zero-order chi connectivity index (χ0) is 24.6. The lowest BCUT2D eigenvalue weighted by Gasteiger charge is -2.18. The summed E-state index contributed by atoms with van der Waals surface area (Å²) >= 11 is 0. The quantitative estimate of drug-likeness (QED) is 0.455. The Hall–Kier alpha value is -3.29. The van der Waals surface area contributed by atoms with E-state index in [9.17, 15) is 13.6 Å². The van der Waals surface area contributed by atoms with Gasteiger partial charge >= 0.3 is 0 Å². The molecule has 6 nitrogen and oxygen atoms in total. The van der Waals surface area contributed by atoms with Crippen molar-refractivity contribution in [1.29, 1.82) is 0 Å². The average Bonchev–Trinajstić information content (AvgIpc) is 3.47. The molecule has 0 radical (unpaired) electrons. The Morgan fingerprint density at radius 2 is 2.03 bits per heavy atom. The van der Waals surface area contributed by atoms with Crippen molar-refractivity contribution in [3.8, 4) is 11.3 Å². The molecule has 3 heterocycles. The summed E-state index contributed by atoms with van der Waals surface area (Å²) in [5, 5.41) is 7.76. The van der Waals surface area contributed by atoms with Gasteiger partial charge in [-0.05, 0) is 45.3 Å². The van der Waals surface area contributed by atoms with E-state index in [0.29, 0.717) is 28.5 Å². The number of pyridine rings is 1. The van der Waals surface area contributed by atoms with Gasteiger partial charge < -0.3 is 5.32 Å². The highest BCUT2D eigenvalue weighted by Crippen LogP contribution is 2.32. The molecule has 0 unspecified atom stereocenters. The van der Waals surface area contributed by atoms with Crippen molar-refractivity contribution in [3.63, 3.8) is 0 Å². The molecule has 3 aromatic heterocycles. The van der Waals surface area contributed by atoms with Crippen molar-refractivity contribution in [1.82, 2.24) is 24.5 Å². The lowest BCUT2D eigenvalue weighted by Crippen LogP contribution is -2.24. The summed E-state index contributed by atoms with van der Waals surface area (Å²) < 4.78 is 31.8. The monoisotopic (exact) mass is 467 g/mol. The number of alkyl halides is 2. The van der Waals surface area contributed by atoms with E-state index in [0.717, 1.165) is 36.6 Å². The van der Waals surface area contributed by atoms with Gasteiger partial charge in [-0.25, -0.2) is 13.8 Å². The number of allylic oxidation sites excluding steroid dienone is 2. The molecule has 0 saturated heterocycles. The summed E-state index contributed by atoms with van der Waals surface area (Å²) in [4.78, 5) is 18.1. The Bertz CT molecular complexity index is 1320. The first-order valence-electron chi connectivity index (χ1n) is 11.6. The van der Waals surface area contributed by atoms with Gasteiger partial charge in [-0.15, -0.1) is 0 Å². The van der Waals surface area contributed by atoms with E-state index < -0.39 is 5.92 Å². The molecule has 4 rings (SSSR count). The van der Waals surface area contributed by atoms with Crippen LogP contribution in [0.2, 0.25) is 0 Å². The van der Waals surface area contributed by atoms with Crippen LogP contribution >= 0.6 is 0 Å². The minimum atomic E-state index is -3.10. The van der Waals surface area contributed by atoms with Crippen LogP contribution in [0, 0.1) is 6.92 Å². The largest absolute Gasteiger partial charge is 0.381 e. The maximum absolute atomic E-state index is 14.3. The molecular formula is C26H31F2N5O. The van der Waals surface area contributed by atoms with E-state index >= 15 is 0 Å². The maximum atomic E-state index is 14.3. The number of halogens is 2. The minimum absolute atomic E-state index is 0.218. The van der Waals surface area contributed by atoms with Crippen molar-refractivity contribution < 1.29 is 8.78 Å². The summed E-state index contributed by atoms with van der Waals surface area (Å²) in [6, 6.07) is 1.78. The number of hydrogen-bond donors (Lipinski definition) is 1. The van der Waals surface area contributed by atoms with Crippen molar-refractivity contribution in [2.45, 2.75) is 71.9 Å². The van der Waals surface area contributed by atoms with Gasteiger partial charge in [-0.1, -0.05) is 25.5 Å². The number of nitrogens with zero attached hydrogens (tertiary/aromatic N) is 4. The molecular weight excluding hydrogens is 436 g/mol.